The highest BCUT2D eigenvalue weighted by Gasteiger charge is 2.28. The number of hydrogen-bond acceptors (Lipinski definition) is 5. The van der Waals surface area contributed by atoms with Gasteiger partial charge in [0.2, 0.25) is 5.91 Å². The lowest BCUT2D eigenvalue weighted by Gasteiger charge is -2.15. The Morgan fingerprint density at radius 3 is 2.92 bits per heavy atom. The summed E-state index contributed by atoms with van der Waals surface area (Å²) < 4.78 is 5.57. The molecule has 2 aliphatic rings. The van der Waals surface area contributed by atoms with Crippen molar-refractivity contribution in [2.75, 3.05) is 13.2 Å². The third-order valence-electron chi connectivity index (χ3n) is 4.71. The topological polar surface area (TPSA) is 64.1 Å². The van der Waals surface area contributed by atoms with E-state index in [-0.39, 0.29) is 17.3 Å². The summed E-state index contributed by atoms with van der Waals surface area (Å²) in [7, 11) is 0. The number of ether oxygens (including phenoxy) is 1. The van der Waals surface area contributed by atoms with Crippen LogP contribution in [0.2, 0.25) is 0 Å². The van der Waals surface area contributed by atoms with Crippen LogP contribution in [-0.2, 0) is 9.53 Å². The highest BCUT2D eigenvalue weighted by molar-refractivity contribution is 8.00. The van der Waals surface area contributed by atoms with Gasteiger partial charge in [0.15, 0.2) is 0 Å². The number of amides is 1. The van der Waals surface area contributed by atoms with E-state index in [0.717, 1.165) is 41.2 Å². The Hall–Kier alpha value is -1.66. The van der Waals surface area contributed by atoms with Gasteiger partial charge in [0.1, 0.15) is 10.9 Å². The zero-order valence-electron chi connectivity index (χ0n) is 14.4. The molecule has 2 atom stereocenters. The summed E-state index contributed by atoms with van der Waals surface area (Å²) in [6.45, 7) is 3.34. The molecule has 6 heteroatoms. The summed E-state index contributed by atoms with van der Waals surface area (Å²) in [6.07, 6.45) is 4.62. The van der Waals surface area contributed by atoms with Crippen LogP contribution in [0.1, 0.15) is 44.3 Å². The minimum atomic E-state index is -0.202. The fourth-order valence-corrected chi connectivity index (χ4v) is 4.03. The van der Waals surface area contributed by atoms with Crippen molar-refractivity contribution >= 4 is 28.6 Å². The molecule has 4 rings (SSSR count). The molecule has 0 bridgehead atoms. The minimum Gasteiger partial charge on any atom is -0.376 e. The van der Waals surface area contributed by atoms with E-state index < -0.39 is 0 Å². The van der Waals surface area contributed by atoms with Crippen LogP contribution in [-0.4, -0.2) is 40.4 Å². The molecule has 1 N–H and O–H groups in total. The Morgan fingerprint density at radius 1 is 1.32 bits per heavy atom. The van der Waals surface area contributed by atoms with E-state index in [1.54, 1.807) is 0 Å². The molecule has 1 saturated heterocycles. The molecule has 0 spiro atoms. The van der Waals surface area contributed by atoms with E-state index in [2.05, 4.69) is 5.32 Å². The van der Waals surface area contributed by atoms with Gasteiger partial charge < -0.3 is 10.1 Å². The normalized spacial score (nSPS) is 21.4. The molecule has 1 aliphatic carbocycles. The summed E-state index contributed by atoms with van der Waals surface area (Å²) in [5, 5.41) is 4.75. The van der Waals surface area contributed by atoms with Gasteiger partial charge in [-0.15, -0.1) is 0 Å². The van der Waals surface area contributed by atoms with Crippen LogP contribution in [0.4, 0.5) is 0 Å². The number of fused-ring (bicyclic) bond motifs is 1. The highest BCUT2D eigenvalue weighted by atomic mass is 32.2. The monoisotopic (exact) mass is 357 g/mol. The molecule has 2 fully saturated rings. The summed E-state index contributed by atoms with van der Waals surface area (Å²) >= 11 is 1.52. The maximum Gasteiger partial charge on any atom is 0.233 e. The van der Waals surface area contributed by atoms with Gasteiger partial charge in [-0.05, 0) is 38.7 Å². The van der Waals surface area contributed by atoms with Crippen molar-refractivity contribution in [3.63, 3.8) is 0 Å². The Morgan fingerprint density at radius 2 is 2.16 bits per heavy atom. The van der Waals surface area contributed by atoms with Crippen molar-refractivity contribution in [1.82, 2.24) is 15.3 Å². The average Bonchev–Trinajstić information content (AvgIpc) is 3.35. The quantitative estimate of drug-likeness (QED) is 0.635. The van der Waals surface area contributed by atoms with Gasteiger partial charge in [-0.1, -0.05) is 30.0 Å². The number of para-hydroxylation sites is 1. The lowest BCUT2D eigenvalue weighted by molar-refractivity contribution is -0.120. The summed E-state index contributed by atoms with van der Waals surface area (Å²) in [5.74, 6) is 1.46. The van der Waals surface area contributed by atoms with Gasteiger partial charge in [0, 0.05) is 24.5 Å². The predicted molar refractivity (Wildman–Crippen MR) is 98.8 cm³/mol. The Bertz CT molecular complexity index is 772. The Labute approximate surface area is 152 Å². The van der Waals surface area contributed by atoms with Crippen LogP contribution in [0.25, 0.3) is 10.9 Å². The highest BCUT2D eigenvalue weighted by Crippen LogP contribution is 2.40. The molecule has 1 aliphatic heterocycles. The van der Waals surface area contributed by atoms with Gasteiger partial charge in [0.25, 0.3) is 0 Å². The first-order chi connectivity index (χ1) is 12.2. The standard InChI is InChI=1S/C19H23N3O2S/c1-12(18(23)20-11-14-5-4-10-24-14)25-19-15-6-2-3-7-16(15)21-17(22-19)13-8-9-13/h2-3,6-7,12-14H,4-5,8-11H2,1H3,(H,20,23). The zero-order valence-corrected chi connectivity index (χ0v) is 15.2. The Kier molecular flexibility index (Phi) is 4.90. The maximum atomic E-state index is 12.4. The number of carbonyl (C=O) groups excluding carboxylic acids is 1. The van der Waals surface area contributed by atoms with E-state index in [4.69, 9.17) is 14.7 Å². The smallest absolute Gasteiger partial charge is 0.233 e. The van der Waals surface area contributed by atoms with E-state index >= 15 is 0 Å². The Balaban J connectivity index is 1.47. The molecule has 5 nitrogen and oxygen atoms in total. The molecule has 2 aromatic rings. The van der Waals surface area contributed by atoms with Crippen molar-refractivity contribution in [2.24, 2.45) is 0 Å². The second kappa shape index (κ2) is 7.30. The van der Waals surface area contributed by atoms with Crippen LogP contribution >= 0.6 is 11.8 Å². The average molecular weight is 357 g/mol. The van der Waals surface area contributed by atoms with Crippen molar-refractivity contribution < 1.29 is 9.53 Å². The number of carbonyl (C=O) groups is 1. The molecule has 1 amide bonds. The molecule has 1 aromatic carbocycles. The van der Waals surface area contributed by atoms with Crippen LogP contribution < -0.4 is 5.32 Å². The molecule has 25 heavy (non-hydrogen) atoms. The van der Waals surface area contributed by atoms with Crippen LogP contribution in [0.5, 0.6) is 0 Å². The number of thioether (sulfide) groups is 1. The van der Waals surface area contributed by atoms with Crippen molar-refractivity contribution in [1.29, 1.82) is 0 Å². The van der Waals surface area contributed by atoms with Gasteiger partial charge in [-0.25, -0.2) is 9.97 Å². The molecular weight excluding hydrogens is 334 g/mol. The van der Waals surface area contributed by atoms with E-state index in [1.165, 1.54) is 24.6 Å². The van der Waals surface area contributed by atoms with E-state index in [1.807, 2.05) is 31.2 Å². The number of nitrogens with zero attached hydrogens (tertiary/aromatic N) is 2. The number of rotatable bonds is 6. The first-order valence-corrected chi connectivity index (χ1v) is 9.91. The number of benzene rings is 1. The summed E-state index contributed by atoms with van der Waals surface area (Å²) in [5.41, 5.74) is 0.967. The summed E-state index contributed by atoms with van der Waals surface area (Å²) in [4.78, 5) is 21.9. The molecule has 0 radical (unpaired) electrons. The van der Waals surface area contributed by atoms with Crippen molar-refractivity contribution in [3.05, 3.63) is 30.1 Å². The third-order valence-corrected chi connectivity index (χ3v) is 5.82. The first kappa shape index (κ1) is 16.8. The van der Waals surface area contributed by atoms with Crippen LogP contribution in [0, 0.1) is 0 Å². The van der Waals surface area contributed by atoms with Gasteiger partial charge >= 0.3 is 0 Å². The number of nitrogens with one attached hydrogen (secondary N) is 1. The second-order valence-corrected chi connectivity index (χ2v) is 8.15. The van der Waals surface area contributed by atoms with Crippen LogP contribution in [0.15, 0.2) is 29.3 Å². The number of hydrogen-bond donors (Lipinski definition) is 1. The molecular formula is C19H23N3O2S. The molecule has 132 valence electrons. The van der Waals surface area contributed by atoms with E-state index in [0.29, 0.717) is 12.5 Å². The van der Waals surface area contributed by atoms with Crippen LogP contribution in [0.3, 0.4) is 0 Å². The predicted octanol–water partition coefficient (Wildman–Crippen LogP) is 3.28. The summed E-state index contributed by atoms with van der Waals surface area (Å²) in [6, 6.07) is 8.05. The third kappa shape index (κ3) is 3.96. The first-order valence-electron chi connectivity index (χ1n) is 9.03. The zero-order chi connectivity index (χ0) is 17.2. The van der Waals surface area contributed by atoms with Crippen molar-refractivity contribution in [2.45, 2.75) is 54.9 Å². The van der Waals surface area contributed by atoms with Gasteiger partial charge in [-0.2, -0.15) is 0 Å². The maximum absolute atomic E-state index is 12.4. The van der Waals surface area contributed by atoms with Gasteiger partial charge in [-0.3, -0.25) is 4.79 Å². The van der Waals surface area contributed by atoms with Gasteiger partial charge in [0.05, 0.1) is 16.9 Å². The van der Waals surface area contributed by atoms with E-state index in [9.17, 15) is 4.79 Å². The molecule has 2 heterocycles. The lowest BCUT2D eigenvalue weighted by atomic mass is 10.2. The molecule has 2 unspecified atom stereocenters. The molecule has 1 saturated carbocycles. The fourth-order valence-electron chi connectivity index (χ4n) is 3.06. The second-order valence-electron chi connectivity index (χ2n) is 6.82. The lowest BCUT2D eigenvalue weighted by Crippen LogP contribution is -2.36. The fraction of sp³-hybridized carbons (Fsp3) is 0.526. The minimum absolute atomic E-state index is 0.0381. The number of aromatic nitrogens is 2. The largest absolute Gasteiger partial charge is 0.376 e. The molecule has 1 aromatic heterocycles. The SMILES string of the molecule is CC(Sc1nc(C2CC2)nc2ccccc12)C(=O)NCC1CCCO1. The van der Waals surface area contributed by atoms with Crippen molar-refractivity contribution in [3.8, 4) is 0 Å².